The smallest absolute Gasteiger partial charge is 0.257 e. The molecule has 2 fully saturated rings. The van der Waals surface area contributed by atoms with Crippen molar-refractivity contribution in [2.24, 2.45) is 5.10 Å². The van der Waals surface area contributed by atoms with Crippen LogP contribution in [0.3, 0.4) is 0 Å². The Kier molecular flexibility index (Phi) is 6.54. The van der Waals surface area contributed by atoms with Crippen molar-refractivity contribution in [2.75, 3.05) is 47.1 Å². The zero-order valence-electron chi connectivity index (χ0n) is 19.7. The summed E-state index contributed by atoms with van der Waals surface area (Å²) in [6.45, 7) is 3.14. The fraction of sp³-hybridized carbons (Fsp3) is 0.462. The van der Waals surface area contributed by atoms with Crippen molar-refractivity contribution in [3.63, 3.8) is 0 Å². The molecule has 0 N–H and O–H groups in total. The normalized spacial score (nSPS) is 22.1. The van der Waals surface area contributed by atoms with Gasteiger partial charge in [-0.3, -0.25) is 9.69 Å². The number of hydrazone groups is 1. The highest BCUT2D eigenvalue weighted by Crippen LogP contribution is 2.37. The van der Waals surface area contributed by atoms with E-state index in [1.165, 1.54) is 0 Å². The van der Waals surface area contributed by atoms with Gasteiger partial charge in [0, 0.05) is 44.0 Å². The van der Waals surface area contributed by atoms with Gasteiger partial charge in [0.2, 0.25) is 0 Å². The first kappa shape index (κ1) is 22.8. The first-order valence-corrected chi connectivity index (χ1v) is 11.8. The zero-order chi connectivity index (χ0) is 23.5. The summed E-state index contributed by atoms with van der Waals surface area (Å²) in [5.41, 5.74) is 2.76. The largest absolute Gasteiger partial charge is 0.497 e. The number of benzene rings is 2. The average molecular weight is 466 g/mol. The maximum atomic E-state index is 13.5. The minimum atomic E-state index is -0.448. The molecule has 8 nitrogen and oxygen atoms in total. The van der Waals surface area contributed by atoms with Crippen molar-refractivity contribution in [1.82, 2.24) is 9.91 Å². The van der Waals surface area contributed by atoms with Crippen LogP contribution in [0, 0.1) is 0 Å². The first-order chi connectivity index (χ1) is 16.6. The third-order valence-corrected chi connectivity index (χ3v) is 6.86. The Labute approximate surface area is 200 Å². The van der Waals surface area contributed by atoms with E-state index < -0.39 is 5.79 Å². The number of carbonyl (C=O) groups is 1. The molecule has 2 saturated heterocycles. The summed E-state index contributed by atoms with van der Waals surface area (Å²) in [6, 6.07) is 15.6. The summed E-state index contributed by atoms with van der Waals surface area (Å²) < 4.78 is 22.6. The molecule has 0 unspecified atom stereocenters. The highest BCUT2D eigenvalue weighted by atomic mass is 16.7. The van der Waals surface area contributed by atoms with Gasteiger partial charge in [-0.05, 0) is 17.7 Å². The standard InChI is InChI=1S/C26H31N3O5/c1-31-20-8-9-21(24(16-20)32-2)22-17-23(19-6-4-3-5-7-19)29(27-22)25(30)18-28-12-10-26(11-13-28)33-14-15-34-26/h3-9,16,23H,10-15,17-18H2,1-2H3/t23-/m1/s1. The SMILES string of the molecule is COc1ccc(C2=NN(C(=O)CN3CCC4(CC3)OCCO4)[C@@H](c3ccccc3)C2)c(OC)c1. The van der Waals surface area contributed by atoms with Gasteiger partial charge in [-0.2, -0.15) is 5.10 Å². The Morgan fingerprint density at radius 1 is 1.06 bits per heavy atom. The number of rotatable bonds is 6. The van der Waals surface area contributed by atoms with E-state index in [1.54, 1.807) is 19.2 Å². The van der Waals surface area contributed by atoms with Gasteiger partial charge in [0.15, 0.2) is 5.79 Å². The van der Waals surface area contributed by atoms with Crippen LogP contribution < -0.4 is 9.47 Å². The van der Waals surface area contributed by atoms with Crippen LogP contribution in [-0.4, -0.2) is 74.4 Å². The van der Waals surface area contributed by atoms with Gasteiger partial charge in [0.1, 0.15) is 11.5 Å². The van der Waals surface area contributed by atoms with Gasteiger partial charge in [0.05, 0.1) is 45.7 Å². The van der Waals surface area contributed by atoms with Crippen molar-refractivity contribution >= 4 is 11.6 Å². The van der Waals surface area contributed by atoms with Gasteiger partial charge in [-0.1, -0.05) is 30.3 Å². The highest BCUT2D eigenvalue weighted by molar-refractivity contribution is 6.05. The lowest BCUT2D eigenvalue weighted by Gasteiger charge is -2.37. The number of likely N-dealkylation sites (tertiary alicyclic amines) is 1. The lowest BCUT2D eigenvalue weighted by atomic mass is 9.97. The van der Waals surface area contributed by atoms with Crippen LogP contribution in [0.25, 0.3) is 0 Å². The summed E-state index contributed by atoms with van der Waals surface area (Å²) in [7, 11) is 3.26. The molecule has 34 heavy (non-hydrogen) atoms. The van der Waals surface area contributed by atoms with Crippen LogP contribution in [0.1, 0.15) is 36.4 Å². The highest BCUT2D eigenvalue weighted by Gasteiger charge is 2.41. The van der Waals surface area contributed by atoms with Crippen molar-refractivity contribution < 1.29 is 23.7 Å². The molecule has 0 aliphatic carbocycles. The number of nitrogens with zero attached hydrogens (tertiary/aromatic N) is 3. The summed E-state index contributed by atoms with van der Waals surface area (Å²) in [5.74, 6) is 0.929. The molecular weight excluding hydrogens is 434 g/mol. The summed E-state index contributed by atoms with van der Waals surface area (Å²) in [4.78, 5) is 15.7. The van der Waals surface area contributed by atoms with E-state index in [2.05, 4.69) is 4.90 Å². The molecule has 8 heteroatoms. The van der Waals surface area contributed by atoms with Gasteiger partial charge in [0.25, 0.3) is 5.91 Å². The molecule has 0 saturated carbocycles. The fourth-order valence-electron chi connectivity index (χ4n) is 4.98. The average Bonchev–Trinajstić information content (AvgIpc) is 3.53. The third kappa shape index (κ3) is 4.53. The lowest BCUT2D eigenvalue weighted by Crippen LogP contribution is -2.48. The Morgan fingerprint density at radius 3 is 2.47 bits per heavy atom. The molecule has 3 aliphatic rings. The predicted octanol–water partition coefficient (Wildman–Crippen LogP) is 3.22. The molecule has 0 bridgehead atoms. The maximum Gasteiger partial charge on any atom is 0.257 e. The maximum absolute atomic E-state index is 13.5. The molecule has 0 radical (unpaired) electrons. The topological polar surface area (TPSA) is 72.8 Å². The summed E-state index contributed by atoms with van der Waals surface area (Å²) >= 11 is 0. The van der Waals surface area contributed by atoms with Crippen molar-refractivity contribution in [1.29, 1.82) is 0 Å². The Morgan fingerprint density at radius 2 is 1.79 bits per heavy atom. The molecule has 180 valence electrons. The fourth-order valence-corrected chi connectivity index (χ4v) is 4.98. The van der Waals surface area contributed by atoms with Gasteiger partial charge < -0.3 is 18.9 Å². The van der Waals surface area contributed by atoms with Gasteiger partial charge in [-0.15, -0.1) is 0 Å². The summed E-state index contributed by atoms with van der Waals surface area (Å²) in [6.07, 6.45) is 2.17. The number of amides is 1. The van der Waals surface area contributed by atoms with Crippen LogP contribution >= 0.6 is 0 Å². The third-order valence-electron chi connectivity index (χ3n) is 6.86. The molecule has 3 aliphatic heterocycles. The minimum Gasteiger partial charge on any atom is -0.497 e. The zero-order valence-corrected chi connectivity index (χ0v) is 19.7. The monoisotopic (exact) mass is 465 g/mol. The second-order valence-corrected chi connectivity index (χ2v) is 8.87. The number of piperidine rings is 1. The van der Waals surface area contributed by atoms with Crippen LogP contribution in [-0.2, 0) is 14.3 Å². The molecule has 1 amide bonds. The predicted molar refractivity (Wildman–Crippen MR) is 127 cm³/mol. The van der Waals surface area contributed by atoms with Gasteiger partial charge >= 0.3 is 0 Å². The Bertz CT molecular complexity index is 1040. The number of carbonyl (C=O) groups excluding carboxylic acids is 1. The molecule has 2 aromatic carbocycles. The van der Waals surface area contributed by atoms with Crippen molar-refractivity contribution in [3.05, 3.63) is 59.7 Å². The molecule has 2 aromatic rings. The van der Waals surface area contributed by atoms with Crippen LogP contribution in [0.5, 0.6) is 11.5 Å². The molecule has 0 aromatic heterocycles. The Hall–Kier alpha value is -2.94. The van der Waals surface area contributed by atoms with Gasteiger partial charge in [-0.25, -0.2) is 5.01 Å². The van der Waals surface area contributed by atoms with E-state index in [4.69, 9.17) is 24.0 Å². The van der Waals surface area contributed by atoms with E-state index in [9.17, 15) is 4.79 Å². The molecule has 5 rings (SSSR count). The van der Waals surface area contributed by atoms with E-state index in [1.807, 2.05) is 48.5 Å². The van der Waals surface area contributed by atoms with Crippen molar-refractivity contribution in [2.45, 2.75) is 31.1 Å². The first-order valence-electron chi connectivity index (χ1n) is 11.8. The second kappa shape index (κ2) is 9.74. The van der Waals surface area contributed by atoms with Crippen LogP contribution in [0.2, 0.25) is 0 Å². The van der Waals surface area contributed by atoms with E-state index in [0.717, 1.165) is 42.8 Å². The number of ether oxygens (including phenoxy) is 4. The molecule has 3 heterocycles. The van der Waals surface area contributed by atoms with Crippen LogP contribution in [0.4, 0.5) is 0 Å². The van der Waals surface area contributed by atoms with Crippen molar-refractivity contribution in [3.8, 4) is 11.5 Å². The quantitative estimate of drug-likeness (QED) is 0.652. The second-order valence-electron chi connectivity index (χ2n) is 8.87. The summed E-state index contributed by atoms with van der Waals surface area (Å²) in [5, 5.41) is 6.47. The molecule has 1 atom stereocenters. The lowest BCUT2D eigenvalue weighted by molar-refractivity contribution is -0.186. The Balaban J connectivity index is 1.36. The minimum absolute atomic E-state index is 0.0134. The number of hydrogen-bond acceptors (Lipinski definition) is 7. The number of hydrogen-bond donors (Lipinski definition) is 0. The number of methoxy groups -OCH3 is 2. The molecule has 1 spiro atoms. The van der Waals surface area contributed by atoms with Crippen LogP contribution in [0.15, 0.2) is 53.6 Å². The van der Waals surface area contributed by atoms with E-state index >= 15 is 0 Å². The molecular formula is C26H31N3O5. The van der Waals surface area contributed by atoms with E-state index in [0.29, 0.717) is 37.7 Å². The van der Waals surface area contributed by atoms with E-state index in [-0.39, 0.29) is 11.9 Å².